The van der Waals surface area contributed by atoms with E-state index >= 15 is 0 Å². The molecule has 0 aliphatic carbocycles. The van der Waals surface area contributed by atoms with Crippen molar-refractivity contribution in [3.8, 4) is 11.8 Å². The van der Waals surface area contributed by atoms with E-state index in [0.717, 1.165) is 11.1 Å². The van der Waals surface area contributed by atoms with Crippen LogP contribution in [0.25, 0.3) is 0 Å². The quantitative estimate of drug-likeness (QED) is 0.498. The van der Waals surface area contributed by atoms with Gasteiger partial charge in [-0.25, -0.2) is 5.84 Å². The SMILES string of the molecule is Cc1cc(C#N)cc(C)c1OCc1cc(C(=O)NN)no1. The number of ether oxygens (including phenoxy) is 1. The van der Waals surface area contributed by atoms with E-state index in [1.807, 2.05) is 19.3 Å². The summed E-state index contributed by atoms with van der Waals surface area (Å²) in [5.41, 5.74) is 4.34. The van der Waals surface area contributed by atoms with Gasteiger partial charge in [-0.3, -0.25) is 10.2 Å². The number of nitriles is 1. The van der Waals surface area contributed by atoms with Gasteiger partial charge in [-0.05, 0) is 37.1 Å². The van der Waals surface area contributed by atoms with Crippen LogP contribution >= 0.6 is 0 Å². The molecule has 0 bridgehead atoms. The highest BCUT2D eigenvalue weighted by Crippen LogP contribution is 2.25. The molecule has 7 heteroatoms. The van der Waals surface area contributed by atoms with E-state index in [-0.39, 0.29) is 12.3 Å². The van der Waals surface area contributed by atoms with Crippen LogP contribution in [0.5, 0.6) is 5.75 Å². The van der Waals surface area contributed by atoms with Gasteiger partial charge in [0.2, 0.25) is 0 Å². The number of hydrogen-bond donors (Lipinski definition) is 2. The van der Waals surface area contributed by atoms with Crippen molar-refractivity contribution in [2.75, 3.05) is 0 Å². The fourth-order valence-electron chi connectivity index (χ4n) is 1.95. The molecule has 1 aromatic carbocycles. The van der Waals surface area contributed by atoms with Gasteiger partial charge in [0.15, 0.2) is 11.5 Å². The number of nitrogen functional groups attached to an aromatic ring is 1. The predicted octanol–water partition coefficient (Wildman–Crippen LogP) is 1.35. The van der Waals surface area contributed by atoms with Crippen molar-refractivity contribution in [3.05, 3.63) is 46.3 Å². The van der Waals surface area contributed by atoms with Crippen molar-refractivity contribution in [3.63, 3.8) is 0 Å². The van der Waals surface area contributed by atoms with Gasteiger partial charge in [0.1, 0.15) is 12.4 Å². The number of hydrazine groups is 1. The van der Waals surface area contributed by atoms with Crippen LogP contribution in [0.15, 0.2) is 22.7 Å². The van der Waals surface area contributed by atoms with E-state index in [1.54, 1.807) is 12.1 Å². The number of aryl methyl sites for hydroxylation is 2. The fraction of sp³-hybridized carbons (Fsp3) is 0.214. The third-order valence-corrected chi connectivity index (χ3v) is 2.87. The Balaban J connectivity index is 2.12. The molecule has 0 saturated heterocycles. The zero-order chi connectivity index (χ0) is 15.4. The van der Waals surface area contributed by atoms with Gasteiger partial charge >= 0.3 is 0 Å². The van der Waals surface area contributed by atoms with Gasteiger partial charge in [0.05, 0.1) is 11.6 Å². The summed E-state index contributed by atoms with van der Waals surface area (Å²) in [6, 6.07) is 7.04. The predicted molar refractivity (Wildman–Crippen MR) is 73.1 cm³/mol. The van der Waals surface area contributed by atoms with Crippen LogP contribution in [0, 0.1) is 25.2 Å². The van der Waals surface area contributed by atoms with Gasteiger partial charge in [-0.15, -0.1) is 0 Å². The third-order valence-electron chi connectivity index (χ3n) is 2.87. The van der Waals surface area contributed by atoms with Gasteiger partial charge < -0.3 is 9.26 Å². The molecule has 0 aliphatic rings. The highest BCUT2D eigenvalue weighted by Gasteiger charge is 2.13. The first-order chi connectivity index (χ1) is 10.0. The Hall–Kier alpha value is -2.85. The summed E-state index contributed by atoms with van der Waals surface area (Å²) >= 11 is 0. The number of carbonyl (C=O) groups excluding carboxylic acids is 1. The van der Waals surface area contributed by atoms with E-state index in [0.29, 0.717) is 17.1 Å². The molecule has 0 spiro atoms. The summed E-state index contributed by atoms with van der Waals surface area (Å²) in [5, 5.41) is 12.5. The average Bonchev–Trinajstić information content (AvgIpc) is 2.94. The van der Waals surface area contributed by atoms with Crippen molar-refractivity contribution >= 4 is 5.91 Å². The molecule has 0 unspecified atom stereocenters. The number of carbonyl (C=O) groups is 1. The molecule has 0 saturated carbocycles. The highest BCUT2D eigenvalue weighted by atomic mass is 16.5. The lowest BCUT2D eigenvalue weighted by molar-refractivity contribution is 0.0944. The summed E-state index contributed by atoms with van der Waals surface area (Å²) in [6.45, 7) is 3.84. The fourth-order valence-corrected chi connectivity index (χ4v) is 1.95. The Kier molecular flexibility index (Phi) is 4.21. The van der Waals surface area contributed by atoms with Crippen LogP contribution in [0.4, 0.5) is 0 Å². The second-order valence-electron chi connectivity index (χ2n) is 4.49. The molecule has 3 N–H and O–H groups in total. The van der Waals surface area contributed by atoms with Gasteiger partial charge in [-0.1, -0.05) is 5.16 Å². The summed E-state index contributed by atoms with van der Waals surface area (Å²) in [4.78, 5) is 11.2. The van der Waals surface area contributed by atoms with Gasteiger partial charge in [0, 0.05) is 6.07 Å². The Morgan fingerprint density at radius 2 is 2.10 bits per heavy atom. The minimum absolute atomic E-state index is 0.0874. The average molecular weight is 286 g/mol. The maximum Gasteiger partial charge on any atom is 0.287 e. The number of nitrogens with two attached hydrogens (primary N) is 1. The molecule has 2 aromatic rings. The highest BCUT2D eigenvalue weighted by molar-refractivity contribution is 5.91. The lowest BCUT2D eigenvalue weighted by Gasteiger charge is -2.11. The molecule has 0 aliphatic heterocycles. The molecule has 0 fully saturated rings. The number of benzene rings is 1. The Morgan fingerprint density at radius 3 is 2.67 bits per heavy atom. The van der Waals surface area contributed by atoms with E-state index in [4.69, 9.17) is 20.4 Å². The number of aromatic nitrogens is 1. The summed E-state index contributed by atoms with van der Waals surface area (Å²) in [6.07, 6.45) is 0. The Morgan fingerprint density at radius 1 is 1.43 bits per heavy atom. The number of hydrogen-bond acceptors (Lipinski definition) is 6. The molecule has 108 valence electrons. The van der Waals surface area contributed by atoms with Crippen LogP contribution in [0.3, 0.4) is 0 Å². The monoisotopic (exact) mass is 286 g/mol. The molecule has 0 atom stereocenters. The molecule has 1 heterocycles. The van der Waals surface area contributed by atoms with Crippen molar-refractivity contribution in [1.29, 1.82) is 5.26 Å². The summed E-state index contributed by atoms with van der Waals surface area (Å²) in [7, 11) is 0. The smallest absolute Gasteiger partial charge is 0.287 e. The van der Waals surface area contributed by atoms with E-state index in [9.17, 15) is 4.79 Å². The molecule has 1 aromatic heterocycles. The number of amides is 1. The Bertz CT molecular complexity index is 692. The second kappa shape index (κ2) is 6.07. The molecular formula is C14H14N4O3. The van der Waals surface area contributed by atoms with Gasteiger partial charge in [0.25, 0.3) is 5.91 Å². The third kappa shape index (κ3) is 3.19. The van der Waals surface area contributed by atoms with Crippen LogP contribution in [0.1, 0.15) is 32.9 Å². The van der Waals surface area contributed by atoms with Crippen LogP contribution in [-0.4, -0.2) is 11.1 Å². The first kappa shape index (κ1) is 14.6. The minimum Gasteiger partial charge on any atom is -0.485 e. The Labute approximate surface area is 121 Å². The van der Waals surface area contributed by atoms with Crippen LogP contribution in [0.2, 0.25) is 0 Å². The lowest BCUT2D eigenvalue weighted by atomic mass is 10.1. The molecule has 0 radical (unpaired) electrons. The van der Waals surface area contributed by atoms with Gasteiger partial charge in [-0.2, -0.15) is 5.26 Å². The zero-order valence-electron chi connectivity index (χ0n) is 11.6. The lowest BCUT2D eigenvalue weighted by Crippen LogP contribution is -2.30. The number of nitrogens with one attached hydrogen (secondary N) is 1. The molecule has 21 heavy (non-hydrogen) atoms. The normalized spacial score (nSPS) is 10.0. The molecule has 1 amide bonds. The standard InChI is InChI=1S/C14H14N4O3/c1-8-3-10(6-15)4-9(2)13(8)20-7-11-5-12(18-21-11)14(19)17-16/h3-5H,7,16H2,1-2H3,(H,17,19). The maximum atomic E-state index is 11.2. The van der Waals surface area contributed by atoms with E-state index in [2.05, 4.69) is 11.2 Å². The summed E-state index contributed by atoms with van der Waals surface area (Å²) in [5.74, 6) is 5.55. The maximum absolute atomic E-state index is 11.2. The van der Waals surface area contributed by atoms with Crippen molar-refractivity contribution in [2.45, 2.75) is 20.5 Å². The second-order valence-corrected chi connectivity index (χ2v) is 4.49. The molecule has 2 rings (SSSR count). The van der Waals surface area contributed by atoms with Crippen molar-refractivity contribution in [2.24, 2.45) is 5.84 Å². The number of rotatable bonds is 4. The topological polar surface area (TPSA) is 114 Å². The minimum atomic E-state index is -0.532. The first-order valence-electron chi connectivity index (χ1n) is 6.16. The number of nitrogens with zero attached hydrogens (tertiary/aromatic N) is 2. The van der Waals surface area contributed by atoms with Crippen molar-refractivity contribution < 1.29 is 14.1 Å². The van der Waals surface area contributed by atoms with E-state index in [1.165, 1.54) is 6.07 Å². The molecular weight excluding hydrogens is 272 g/mol. The van der Waals surface area contributed by atoms with Crippen LogP contribution in [-0.2, 0) is 6.61 Å². The van der Waals surface area contributed by atoms with E-state index < -0.39 is 5.91 Å². The zero-order valence-corrected chi connectivity index (χ0v) is 11.6. The largest absolute Gasteiger partial charge is 0.485 e. The van der Waals surface area contributed by atoms with Crippen LogP contribution < -0.4 is 16.0 Å². The summed E-state index contributed by atoms with van der Waals surface area (Å²) < 4.78 is 10.7. The van der Waals surface area contributed by atoms with Crippen molar-refractivity contribution in [1.82, 2.24) is 10.6 Å². The molecule has 7 nitrogen and oxygen atoms in total. The first-order valence-corrected chi connectivity index (χ1v) is 6.16.